The molecule has 2 aromatic rings. The van der Waals surface area contributed by atoms with E-state index in [9.17, 15) is 5.11 Å². The maximum Gasteiger partial charge on any atom is 0.250 e. The zero-order valence-electron chi connectivity index (χ0n) is 40.1. The minimum absolute atomic E-state index is 0.0350. The molecule has 0 aromatic heterocycles. The molecule has 11 heteroatoms. The predicted octanol–water partition coefficient (Wildman–Crippen LogP) is 13.2. The molecule has 3 fully saturated rings. The lowest BCUT2D eigenvalue weighted by molar-refractivity contribution is -0.239. The second-order valence-corrected chi connectivity index (χ2v) is 40.3. The lowest BCUT2D eigenvalue weighted by Crippen LogP contribution is -2.72. The summed E-state index contributed by atoms with van der Waals surface area (Å²) in [6.45, 7) is 45.2. The number of aliphatic hydroxyl groups is 1. The van der Waals surface area contributed by atoms with Crippen molar-refractivity contribution in [1.29, 1.82) is 0 Å². The molecule has 1 N–H and O–H groups in total. The van der Waals surface area contributed by atoms with Crippen LogP contribution < -0.4 is 13.6 Å². The summed E-state index contributed by atoms with van der Waals surface area (Å²) in [5, 5.41) is 12.9. The van der Waals surface area contributed by atoms with Crippen molar-refractivity contribution in [2.75, 3.05) is 12.4 Å². The van der Waals surface area contributed by atoms with Gasteiger partial charge in [0.25, 0.3) is 0 Å². The molecule has 0 radical (unpaired) electrons. The third-order valence-electron chi connectivity index (χ3n) is 15.9. The summed E-state index contributed by atoms with van der Waals surface area (Å²) < 4.78 is 50.5. The second-order valence-electron chi connectivity index (χ2n) is 23.8. The summed E-state index contributed by atoms with van der Waals surface area (Å²) in [6.07, 6.45) is 0.860. The minimum Gasteiger partial charge on any atom is -0.543 e. The van der Waals surface area contributed by atoms with Crippen LogP contribution in [0.2, 0.25) is 54.4 Å². The van der Waals surface area contributed by atoms with E-state index in [4.69, 9.17) is 22.4 Å². The van der Waals surface area contributed by atoms with Gasteiger partial charge in [0.05, 0.1) is 39.8 Å². The van der Waals surface area contributed by atoms with Crippen molar-refractivity contribution in [3.63, 3.8) is 0 Å². The van der Waals surface area contributed by atoms with Crippen molar-refractivity contribution in [3.05, 3.63) is 47.5 Å². The zero-order valence-corrected chi connectivity index (χ0v) is 43.9. The number of ether oxygens (including phenoxy) is 1. The van der Waals surface area contributed by atoms with Gasteiger partial charge in [0, 0.05) is 28.9 Å². The largest absolute Gasteiger partial charge is 0.543 e. The first kappa shape index (κ1) is 47.4. The third-order valence-corrected chi connectivity index (χ3v) is 31.6. The molecule has 0 amide bonds. The van der Waals surface area contributed by atoms with Crippen molar-refractivity contribution < 1.29 is 27.3 Å². The van der Waals surface area contributed by atoms with Crippen LogP contribution in [0.15, 0.2) is 45.7 Å². The smallest absolute Gasteiger partial charge is 0.250 e. The van der Waals surface area contributed by atoms with Gasteiger partial charge in [-0.2, -0.15) is 0 Å². The molecule has 1 aliphatic heterocycles. The van der Waals surface area contributed by atoms with Crippen molar-refractivity contribution in [1.82, 2.24) is 0 Å². The first-order valence-corrected chi connectivity index (χ1v) is 32.4. The van der Waals surface area contributed by atoms with E-state index in [-0.39, 0.29) is 50.1 Å². The van der Waals surface area contributed by atoms with Crippen LogP contribution in [0.1, 0.15) is 120 Å². The van der Waals surface area contributed by atoms with Crippen molar-refractivity contribution in [2.24, 2.45) is 33.4 Å². The Morgan fingerprint density at radius 1 is 0.845 bits per heavy atom. The molecule has 0 spiro atoms. The highest BCUT2D eigenvalue weighted by Crippen LogP contribution is 2.70. The highest BCUT2D eigenvalue weighted by molar-refractivity contribution is 7.93. The number of nitrogens with zero attached hydrogens (tertiary/aromatic N) is 1. The molecule has 7 nitrogen and oxygen atoms in total. The Bertz CT molecular complexity index is 1950. The lowest BCUT2D eigenvalue weighted by Gasteiger charge is -2.69. The Hall–Kier alpha value is -1.64. The lowest BCUT2D eigenvalue weighted by atomic mass is 9.40. The molecule has 3 aliphatic carbocycles. The molecule has 2 bridgehead atoms. The molecule has 0 saturated heterocycles. The summed E-state index contributed by atoms with van der Waals surface area (Å²) in [7, 11) is -9.92. The predicted molar refractivity (Wildman–Crippen MR) is 251 cm³/mol. The van der Waals surface area contributed by atoms with Crippen molar-refractivity contribution in [3.8, 4) is 17.2 Å². The minimum atomic E-state index is -3.14. The second kappa shape index (κ2) is 15.3. The van der Waals surface area contributed by atoms with Crippen LogP contribution in [-0.4, -0.2) is 58.3 Å². The van der Waals surface area contributed by atoms with Gasteiger partial charge >= 0.3 is 0 Å². The van der Waals surface area contributed by atoms with Gasteiger partial charge in [0.1, 0.15) is 22.8 Å². The fourth-order valence-corrected chi connectivity index (χ4v) is 14.3. The van der Waals surface area contributed by atoms with E-state index < -0.39 is 46.4 Å². The molecule has 328 valence electrons. The van der Waals surface area contributed by atoms with E-state index in [0.717, 1.165) is 18.4 Å². The van der Waals surface area contributed by atoms with Crippen LogP contribution in [0.3, 0.4) is 0 Å². The average Bonchev–Trinajstić information content (AvgIpc) is 3.04. The maximum atomic E-state index is 16.4. The van der Waals surface area contributed by atoms with Crippen molar-refractivity contribution >= 4 is 34.7 Å². The SMILES string of the molecule is Cc1ccc([S@](=O)(C[C@]23Oc4cc(O[Si](C)(C)C(C)(C)C)cc(O[Si](C)(C)C(C)(C)C)c4[C@@H](O)[C@H]2C[C@H]2C[C@@H]3C2(C)C)=N[C@@H](CO[Si](C)(C)C(C)(C)C)C(C)C)cc1. The molecular weight excluding hydrogens is 791 g/mol. The fraction of sp³-hybridized carbons (Fsp3) is 0.745. The Morgan fingerprint density at radius 3 is 1.88 bits per heavy atom. The van der Waals surface area contributed by atoms with Gasteiger partial charge in [-0.15, -0.1) is 0 Å². The Balaban J connectivity index is 1.75. The number of aliphatic hydroxyl groups excluding tert-OH is 1. The van der Waals surface area contributed by atoms with Gasteiger partial charge in [-0.1, -0.05) is 108 Å². The molecule has 0 unspecified atom stereocenters. The molecule has 3 saturated carbocycles. The first-order chi connectivity index (χ1) is 26.1. The van der Waals surface area contributed by atoms with Gasteiger partial charge in [-0.25, -0.2) is 8.57 Å². The number of fused-ring (bicyclic) bond motifs is 1. The van der Waals surface area contributed by atoms with Gasteiger partial charge < -0.3 is 23.1 Å². The standard InChI is InChI=1S/C47H81NO6SSi3/c1-31(2)37(29-51-56(15,16)43(4,5)6)48-55(50,35-23-21-32(3)22-24-35)30-47-36(25-33-26-40(47)46(33,13)14)42(49)41-38(52-47)27-34(53-57(17,18)44(7,8)9)28-39(41)54-58(19,20)45(10,11)12/h21-24,27-28,31,33,36-37,40,42,49H,25-26,29-30H2,1-20H3/t33-,36+,37-,40+,42-,47-,55+/m0/s1. The quantitative estimate of drug-likeness (QED) is 0.214. The van der Waals surface area contributed by atoms with Crippen LogP contribution >= 0.6 is 0 Å². The monoisotopic (exact) mass is 872 g/mol. The fourth-order valence-electron chi connectivity index (χ4n) is 8.48. The third kappa shape index (κ3) is 8.70. The average molecular weight is 872 g/mol. The Labute approximate surface area is 357 Å². The Kier molecular flexibility index (Phi) is 12.5. The Morgan fingerprint density at radius 2 is 1.38 bits per heavy atom. The number of benzene rings is 2. The topological polar surface area (TPSA) is 86.6 Å². The van der Waals surface area contributed by atoms with Crippen LogP contribution in [0, 0.1) is 36.0 Å². The van der Waals surface area contributed by atoms with Crippen LogP contribution in [0.5, 0.6) is 17.2 Å². The van der Waals surface area contributed by atoms with Crippen molar-refractivity contribution in [2.45, 2.75) is 187 Å². The molecule has 6 rings (SSSR count). The highest BCUT2D eigenvalue weighted by Gasteiger charge is 2.70. The van der Waals surface area contributed by atoms with Crippen LogP contribution in [0.25, 0.3) is 0 Å². The number of rotatable bonds is 12. The van der Waals surface area contributed by atoms with Gasteiger partial charge in [0.15, 0.2) is 8.32 Å². The van der Waals surface area contributed by atoms with E-state index >= 15 is 4.21 Å². The van der Waals surface area contributed by atoms with E-state index in [2.05, 4.69) is 136 Å². The molecule has 58 heavy (non-hydrogen) atoms. The van der Waals surface area contributed by atoms with Gasteiger partial charge in [-0.05, 0) is 104 Å². The number of hydrogen-bond donors (Lipinski definition) is 1. The molecular formula is C47H81NO6SSi3. The van der Waals surface area contributed by atoms with E-state index in [1.165, 1.54) is 0 Å². The maximum absolute atomic E-state index is 16.4. The highest BCUT2D eigenvalue weighted by atomic mass is 32.2. The normalized spacial score (nSPS) is 26.4. The van der Waals surface area contributed by atoms with Crippen LogP contribution in [-0.2, 0) is 14.2 Å². The summed E-state index contributed by atoms with van der Waals surface area (Å²) >= 11 is 0. The van der Waals surface area contributed by atoms with Gasteiger partial charge in [-0.3, -0.25) is 0 Å². The molecule has 7 atom stereocenters. The summed E-state index contributed by atoms with van der Waals surface area (Å²) in [4.78, 5) is 0.712. The summed E-state index contributed by atoms with van der Waals surface area (Å²) in [6, 6.07) is 11.8. The first-order valence-electron chi connectivity index (χ1n) is 22.0. The summed E-state index contributed by atoms with van der Waals surface area (Å²) in [5.74, 6) is 2.41. The number of aryl methyl sites for hydroxylation is 1. The molecule has 1 heterocycles. The van der Waals surface area contributed by atoms with Crippen LogP contribution in [0.4, 0.5) is 0 Å². The number of hydrogen-bond acceptors (Lipinski definition) is 7. The zero-order chi connectivity index (χ0) is 44.0. The molecule has 2 aromatic carbocycles. The van der Waals surface area contributed by atoms with E-state index in [1.54, 1.807) is 0 Å². The van der Waals surface area contributed by atoms with E-state index in [1.807, 2.05) is 36.4 Å². The molecule has 4 aliphatic rings. The summed E-state index contributed by atoms with van der Waals surface area (Å²) in [5.41, 5.74) is 0.779. The van der Waals surface area contributed by atoms with E-state index in [0.29, 0.717) is 40.2 Å². The van der Waals surface area contributed by atoms with Gasteiger partial charge in [0.2, 0.25) is 16.6 Å².